The van der Waals surface area contributed by atoms with Gasteiger partial charge in [0.2, 0.25) is 17.8 Å². The zero-order valence-electron chi connectivity index (χ0n) is 24.1. The number of piperidine rings is 2. The lowest BCUT2D eigenvalue weighted by atomic mass is 9.80. The molecule has 7 rings (SSSR count). The van der Waals surface area contributed by atoms with Gasteiger partial charge in [-0.1, -0.05) is 30.3 Å². The van der Waals surface area contributed by atoms with Crippen LogP contribution in [0.3, 0.4) is 0 Å². The van der Waals surface area contributed by atoms with Crippen molar-refractivity contribution in [1.82, 2.24) is 20.5 Å². The molecule has 0 radical (unpaired) electrons. The maximum absolute atomic E-state index is 15.4. The lowest BCUT2D eigenvalue weighted by Gasteiger charge is -2.33. The largest absolute Gasteiger partial charge is 0.388 e. The van der Waals surface area contributed by atoms with E-state index in [4.69, 9.17) is 10.1 Å². The minimum Gasteiger partial charge on any atom is -0.388 e. The second-order valence-electron chi connectivity index (χ2n) is 12.0. The van der Waals surface area contributed by atoms with E-state index >= 15 is 4.39 Å². The maximum atomic E-state index is 15.4. The second-order valence-corrected chi connectivity index (χ2v) is 12.0. The zero-order valence-corrected chi connectivity index (χ0v) is 24.1. The van der Waals surface area contributed by atoms with Gasteiger partial charge in [0.15, 0.2) is 0 Å². The van der Waals surface area contributed by atoms with Crippen molar-refractivity contribution >= 4 is 34.3 Å². The summed E-state index contributed by atoms with van der Waals surface area (Å²) in [5, 5.41) is 13.4. The number of nitrogens with one attached hydrogen (secondary N) is 3. The number of likely N-dealkylation sites (tertiary alicyclic amines) is 1. The summed E-state index contributed by atoms with van der Waals surface area (Å²) in [5.74, 6) is -1.45. The number of ether oxygens (including phenoxy) is 1. The van der Waals surface area contributed by atoms with Crippen LogP contribution in [0.1, 0.15) is 62.1 Å². The van der Waals surface area contributed by atoms with Gasteiger partial charge in [0, 0.05) is 61.9 Å². The number of imide groups is 1. The van der Waals surface area contributed by atoms with Gasteiger partial charge < -0.3 is 10.1 Å². The Kier molecular flexibility index (Phi) is 7.83. The Bertz CT molecular complexity index is 1590. The summed E-state index contributed by atoms with van der Waals surface area (Å²) in [6.07, 6.45) is 7.91. The number of hydrogen-bond acceptors (Lipinski definition) is 7. The minimum absolute atomic E-state index is 0.138. The molecule has 2 unspecified atom stereocenters. The molecule has 3 N–H and O–H groups in total. The fourth-order valence-electron chi connectivity index (χ4n) is 6.16. The van der Waals surface area contributed by atoms with Crippen LogP contribution in [0, 0.1) is 11.2 Å². The van der Waals surface area contributed by atoms with E-state index < -0.39 is 17.2 Å². The number of carbonyl (C=O) groups excluding carboxylic acids is 2. The molecule has 8 nitrogen and oxygen atoms in total. The van der Waals surface area contributed by atoms with Crippen molar-refractivity contribution in [2.24, 2.45) is 0 Å². The molecule has 4 fully saturated rings. The summed E-state index contributed by atoms with van der Waals surface area (Å²) in [4.78, 5) is 27.3. The molecule has 2 amide bonds. The molecule has 1 aromatic heterocycles. The van der Waals surface area contributed by atoms with Crippen LogP contribution in [-0.4, -0.2) is 52.4 Å². The highest BCUT2D eigenvalue weighted by atomic mass is 19.1. The quantitative estimate of drug-likeness (QED) is 0.201. The molecular weight excluding hydrogens is 552 g/mol. The highest BCUT2D eigenvalue weighted by Crippen LogP contribution is 2.61. The summed E-state index contributed by atoms with van der Waals surface area (Å²) in [5.41, 5.74) is 2.29. The Morgan fingerprint density at radius 3 is 2.53 bits per heavy atom. The lowest BCUT2D eigenvalue weighted by molar-refractivity contribution is -0.132. The predicted octanol–water partition coefficient (Wildman–Crippen LogP) is 5.12. The number of pyridine rings is 1. The standard InChI is InChI=1S/C28H28F2N4O.C5H7NO2/c1-27-17-34(16-18-4-6-19(7-5-18)22(26(30)31)15-33-20-8-9-20)14-12-28(27,35-27)23-10-11-24-21(25(23)29)3-2-13-32-24;7-4-2-1-3-5(8)6-4/h2-7,10-11,13,15,20,31,33H,8-9,12,14,16-17H2,1H3;1-3H2,(H,6,7,8)/b22-15-,31-26?;. The lowest BCUT2D eigenvalue weighted by Crippen LogP contribution is -2.44. The summed E-state index contributed by atoms with van der Waals surface area (Å²) in [7, 11) is 0. The molecular formula is C33H35F2N5O3. The number of aromatic nitrogens is 1. The summed E-state index contributed by atoms with van der Waals surface area (Å²) < 4.78 is 35.5. The molecule has 224 valence electrons. The molecule has 2 aromatic carbocycles. The fourth-order valence-corrected chi connectivity index (χ4v) is 6.16. The molecule has 10 heteroatoms. The molecule has 4 heterocycles. The van der Waals surface area contributed by atoms with Crippen LogP contribution in [0.5, 0.6) is 0 Å². The predicted molar refractivity (Wildman–Crippen MR) is 159 cm³/mol. The third-order valence-electron chi connectivity index (χ3n) is 8.71. The van der Waals surface area contributed by atoms with Gasteiger partial charge in [0.1, 0.15) is 17.0 Å². The first kappa shape index (κ1) is 29.1. The number of carbonyl (C=O) groups is 2. The monoisotopic (exact) mass is 587 g/mol. The normalized spacial score (nSPS) is 25.3. The fraction of sp³-hybridized carbons (Fsp3) is 0.394. The molecule has 3 aliphatic heterocycles. The zero-order chi connectivity index (χ0) is 30.2. The molecule has 0 bridgehead atoms. The third kappa shape index (κ3) is 6.07. The van der Waals surface area contributed by atoms with E-state index in [0.29, 0.717) is 60.3 Å². The Morgan fingerprint density at radius 1 is 1.16 bits per heavy atom. The van der Waals surface area contributed by atoms with Crippen LogP contribution >= 0.6 is 0 Å². The first-order valence-electron chi connectivity index (χ1n) is 14.8. The SMILES string of the molecule is CC12CN(Cc3ccc(/C(=C/NC4CC4)C(=N)F)cc3)CCC1(c1ccc3ncccc3c1F)O2.O=C1CCCC(=O)N1. The van der Waals surface area contributed by atoms with E-state index in [9.17, 15) is 14.0 Å². The number of allylic oxidation sites excluding steroid dienone is 1. The van der Waals surface area contributed by atoms with E-state index in [1.807, 2.05) is 36.4 Å². The Hall–Kier alpha value is -4.02. The van der Waals surface area contributed by atoms with Crippen molar-refractivity contribution in [3.05, 3.63) is 83.4 Å². The van der Waals surface area contributed by atoms with Gasteiger partial charge in [-0.2, -0.15) is 4.39 Å². The van der Waals surface area contributed by atoms with E-state index in [0.717, 1.165) is 31.5 Å². The van der Waals surface area contributed by atoms with Crippen molar-refractivity contribution in [3.63, 3.8) is 0 Å². The first-order chi connectivity index (χ1) is 20.7. The van der Waals surface area contributed by atoms with Crippen LogP contribution < -0.4 is 10.6 Å². The summed E-state index contributed by atoms with van der Waals surface area (Å²) in [6.45, 7) is 4.27. The molecule has 3 saturated heterocycles. The number of nitrogens with zero attached hydrogens (tertiary/aromatic N) is 2. The van der Waals surface area contributed by atoms with Crippen LogP contribution in [0.25, 0.3) is 16.5 Å². The van der Waals surface area contributed by atoms with Gasteiger partial charge in [0.05, 0.1) is 11.1 Å². The number of amides is 2. The highest BCUT2D eigenvalue weighted by Gasteiger charge is 2.70. The van der Waals surface area contributed by atoms with Gasteiger partial charge in [0.25, 0.3) is 0 Å². The van der Waals surface area contributed by atoms with E-state index in [1.54, 1.807) is 24.5 Å². The average Bonchev–Trinajstić information content (AvgIpc) is 3.90. The molecule has 43 heavy (non-hydrogen) atoms. The van der Waals surface area contributed by atoms with Gasteiger partial charge in [-0.15, -0.1) is 0 Å². The molecule has 2 atom stereocenters. The molecule has 1 saturated carbocycles. The smallest absolute Gasteiger partial charge is 0.226 e. The number of fused-ring (bicyclic) bond motifs is 2. The van der Waals surface area contributed by atoms with Gasteiger partial charge in [-0.25, -0.2) is 4.39 Å². The molecule has 0 spiro atoms. The van der Waals surface area contributed by atoms with Crippen molar-refractivity contribution in [2.45, 2.75) is 69.2 Å². The van der Waals surface area contributed by atoms with Gasteiger partial charge >= 0.3 is 0 Å². The minimum atomic E-state index is -0.936. The first-order valence-corrected chi connectivity index (χ1v) is 14.8. The van der Waals surface area contributed by atoms with Crippen molar-refractivity contribution in [1.29, 1.82) is 5.41 Å². The molecule has 3 aromatic rings. The van der Waals surface area contributed by atoms with Gasteiger partial charge in [-0.3, -0.25) is 30.2 Å². The Balaban J connectivity index is 0.000000359. The van der Waals surface area contributed by atoms with Crippen LogP contribution in [0.4, 0.5) is 8.78 Å². The van der Waals surface area contributed by atoms with E-state index in [2.05, 4.69) is 27.4 Å². The average molecular weight is 588 g/mol. The van der Waals surface area contributed by atoms with Crippen molar-refractivity contribution < 1.29 is 23.1 Å². The highest BCUT2D eigenvalue weighted by molar-refractivity contribution is 6.17. The molecule has 1 aliphatic carbocycles. The van der Waals surface area contributed by atoms with Crippen molar-refractivity contribution in [2.75, 3.05) is 13.1 Å². The van der Waals surface area contributed by atoms with Crippen LogP contribution in [-0.2, 0) is 26.5 Å². The number of halogens is 2. The van der Waals surface area contributed by atoms with Crippen LogP contribution in [0.2, 0.25) is 0 Å². The number of rotatable bonds is 7. The van der Waals surface area contributed by atoms with Gasteiger partial charge in [-0.05, 0) is 61.9 Å². The summed E-state index contributed by atoms with van der Waals surface area (Å²) in [6, 6.07) is 15.3. The van der Waals surface area contributed by atoms with E-state index in [1.165, 1.54) is 0 Å². The van der Waals surface area contributed by atoms with Crippen molar-refractivity contribution in [3.8, 4) is 0 Å². The molecule has 4 aliphatic rings. The number of hydrogen-bond donors (Lipinski definition) is 3. The Morgan fingerprint density at radius 2 is 1.91 bits per heavy atom. The third-order valence-corrected chi connectivity index (χ3v) is 8.71. The summed E-state index contributed by atoms with van der Waals surface area (Å²) >= 11 is 0. The Labute approximate surface area is 249 Å². The van der Waals surface area contributed by atoms with Crippen LogP contribution in [0.15, 0.2) is 60.9 Å². The van der Waals surface area contributed by atoms with E-state index in [-0.39, 0.29) is 23.2 Å². The second kappa shape index (κ2) is 11.6. The number of epoxide rings is 1. The maximum Gasteiger partial charge on any atom is 0.226 e. The number of benzene rings is 2. The topological polar surface area (TPSA) is 111 Å².